The van der Waals surface area contributed by atoms with E-state index in [0.29, 0.717) is 0 Å². The van der Waals surface area contributed by atoms with E-state index in [4.69, 9.17) is 20.4 Å². The average Bonchev–Trinajstić information content (AvgIpc) is 2.34. The first kappa shape index (κ1) is 35.4. The van der Waals surface area contributed by atoms with Gasteiger partial charge in [0.25, 0.3) is 0 Å². The van der Waals surface area contributed by atoms with Crippen LogP contribution in [0.1, 0.15) is 25.7 Å². The Morgan fingerprint density at radius 1 is 0.571 bits per heavy atom. The van der Waals surface area contributed by atoms with E-state index in [1.807, 2.05) is 0 Å². The molecule has 0 fully saturated rings. The third kappa shape index (κ3) is 12.5. The summed E-state index contributed by atoms with van der Waals surface area (Å²) in [5, 5.41) is 53.6. The number of esters is 2. The first-order valence-electron chi connectivity index (χ1n) is 6.30. The summed E-state index contributed by atoms with van der Waals surface area (Å²) >= 11 is 0. The van der Waals surface area contributed by atoms with Gasteiger partial charge < -0.3 is 35.4 Å². The van der Waals surface area contributed by atoms with Crippen molar-refractivity contribution in [3.8, 4) is 0 Å². The molecule has 0 aromatic carbocycles. The van der Waals surface area contributed by atoms with Gasteiger partial charge in [-0.25, -0.2) is 9.59 Å². The second-order valence-corrected chi connectivity index (χ2v) is 5.01. The van der Waals surface area contributed by atoms with Gasteiger partial charge in [-0.3, -0.25) is 19.2 Å². The molecule has 0 aromatic rings. The Kier molecular flexibility index (Phi) is 18.8. The van der Waals surface area contributed by atoms with E-state index in [9.17, 15) is 39.0 Å². The molecule has 0 aromatic heterocycles. The Morgan fingerprint density at radius 3 is 1.00 bits per heavy atom. The van der Waals surface area contributed by atoms with Crippen LogP contribution in [0.3, 0.4) is 0 Å². The quantitative estimate of drug-likeness (QED) is 0.107. The minimum atomic E-state index is -3.09. The number of rotatable bonds is 10. The molecule has 13 nitrogen and oxygen atoms in total. The zero-order valence-electron chi connectivity index (χ0n) is 12.4. The number of ether oxygens (including phenoxy) is 1. The van der Waals surface area contributed by atoms with Crippen LogP contribution in [-0.2, 0) is 33.5 Å². The van der Waals surface area contributed by atoms with Crippen LogP contribution >= 0.6 is 0 Å². The molecule has 2 unspecified atom stereocenters. The van der Waals surface area contributed by atoms with E-state index in [1.165, 1.54) is 0 Å². The summed E-state index contributed by atoms with van der Waals surface area (Å²) in [5.74, 6) is -11.2. The molecular weight excluding hydrogens is 421 g/mol. The standard InChI is InChI=1S/C12H14O13.3Na.3H/c13-5(14)1-11(23,9(19)20)3-7(17)25-8(18)4-12(24,10(21)22)2-6(15)16;;;;;;/h23-24H,1-4H2,(H,13,14)(H,15,16)(H,19,20)(H,21,22);;;;;;. The zero-order chi connectivity index (χ0) is 20.0. The molecule has 0 rings (SSSR count). The van der Waals surface area contributed by atoms with E-state index in [-0.39, 0.29) is 88.7 Å². The van der Waals surface area contributed by atoms with Crippen molar-refractivity contribution in [3.05, 3.63) is 0 Å². The Balaban J connectivity index is -0.000000960. The fraction of sp³-hybridized carbons (Fsp3) is 0.500. The summed E-state index contributed by atoms with van der Waals surface area (Å²) in [7, 11) is 0. The van der Waals surface area contributed by atoms with Crippen molar-refractivity contribution in [1.82, 2.24) is 0 Å². The molecule has 2 atom stereocenters. The maximum atomic E-state index is 11.4. The Bertz CT molecular complexity index is 570. The van der Waals surface area contributed by atoms with Crippen molar-refractivity contribution in [1.29, 1.82) is 0 Å². The van der Waals surface area contributed by atoms with Crippen molar-refractivity contribution in [2.75, 3.05) is 0 Å². The van der Waals surface area contributed by atoms with Crippen LogP contribution in [0, 0.1) is 0 Å². The van der Waals surface area contributed by atoms with Gasteiger partial charge in [0.15, 0.2) is 11.2 Å². The molecule has 6 N–H and O–H groups in total. The first-order valence-corrected chi connectivity index (χ1v) is 6.30. The van der Waals surface area contributed by atoms with Gasteiger partial charge in [-0.1, -0.05) is 0 Å². The van der Waals surface area contributed by atoms with Crippen molar-refractivity contribution in [2.24, 2.45) is 0 Å². The molecule has 0 bridgehead atoms. The van der Waals surface area contributed by atoms with E-state index >= 15 is 0 Å². The Hall–Kier alpha value is -0.0600. The summed E-state index contributed by atoms with van der Waals surface area (Å²) in [6, 6.07) is 0. The van der Waals surface area contributed by atoms with Crippen LogP contribution in [0.2, 0.25) is 0 Å². The topological polar surface area (TPSA) is 233 Å². The molecule has 0 saturated carbocycles. The third-order valence-electron chi connectivity index (χ3n) is 2.78. The summed E-state index contributed by atoms with van der Waals surface area (Å²) in [6.07, 6.45) is -5.73. The molecule has 0 amide bonds. The van der Waals surface area contributed by atoms with Crippen LogP contribution in [0.4, 0.5) is 0 Å². The molecule has 16 heteroatoms. The van der Waals surface area contributed by atoms with Gasteiger partial charge in [0.1, 0.15) is 0 Å². The summed E-state index contributed by atoms with van der Waals surface area (Å²) < 4.78 is 3.99. The molecule has 0 aliphatic carbocycles. The van der Waals surface area contributed by atoms with E-state index in [1.54, 1.807) is 0 Å². The summed E-state index contributed by atoms with van der Waals surface area (Å²) in [5.41, 5.74) is -6.18. The van der Waals surface area contributed by atoms with Crippen LogP contribution < -0.4 is 0 Å². The van der Waals surface area contributed by atoms with Gasteiger partial charge in [0, 0.05) is 0 Å². The van der Waals surface area contributed by atoms with E-state index < -0.39 is 72.7 Å². The maximum absolute atomic E-state index is 11.4. The van der Waals surface area contributed by atoms with Gasteiger partial charge in [-0.15, -0.1) is 0 Å². The van der Waals surface area contributed by atoms with Crippen LogP contribution in [0.5, 0.6) is 0 Å². The van der Waals surface area contributed by atoms with Crippen molar-refractivity contribution in [3.63, 3.8) is 0 Å². The Morgan fingerprint density at radius 2 is 0.821 bits per heavy atom. The number of aliphatic hydroxyl groups is 2. The number of carboxylic acid groups (broad SMARTS) is 4. The molecule has 0 spiro atoms. The number of carboxylic acids is 4. The molecule has 0 aliphatic heterocycles. The van der Waals surface area contributed by atoms with Gasteiger partial charge >= 0.3 is 124 Å². The molecule has 146 valence electrons. The molecule has 28 heavy (non-hydrogen) atoms. The van der Waals surface area contributed by atoms with Crippen molar-refractivity contribution in [2.45, 2.75) is 36.9 Å². The Labute approximate surface area is 223 Å². The zero-order valence-corrected chi connectivity index (χ0v) is 12.4. The van der Waals surface area contributed by atoms with Gasteiger partial charge in [0.2, 0.25) is 0 Å². The van der Waals surface area contributed by atoms with Gasteiger partial charge in [-0.2, -0.15) is 0 Å². The minimum absolute atomic E-state index is 0. The first-order chi connectivity index (χ1) is 11.2. The van der Waals surface area contributed by atoms with Gasteiger partial charge in [0.05, 0.1) is 25.7 Å². The molecule has 0 radical (unpaired) electrons. The second-order valence-electron chi connectivity index (χ2n) is 5.01. The number of hydrogen-bond acceptors (Lipinski definition) is 9. The van der Waals surface area contributed by atoms with Crippen LogP contribution in [0.15, 0.2) is 0 Å². The van der Waals surface area contributed by atoms with Crippen LogP contribution in [-0.4, -0.2) is 166 Å². The molecular formula is C12H17Na3O13. The number of carbonyl (C=O) groups is 6. The number of hydrogen-bond donors (Lipinski definition) is 6. The fourth-order valence-electron chi connectivity index (χ4n) is 1.60. The van der Waals surface area contributed by atoms with E-state index in [0.717, 1.165) is 0 Å². The fourth-order valence-corrected chi connectivity index (χ4v) is 1.60. The predicted octanol–water partition coefficient (Wildman–Crippen LogP) is -4.53. The molecule has 0 heterocycles. The van der Waals surface area contributed by atoms with Crippen LogP contribution in [0.25, 0.3) is 0 Å². The summed E-state index contributed by atoms with van der Waals surface area (Å²) in [6.45, 7) is 0. The average molecular weight is 438 g/mol. The van der Waals surface area contributed by atoms with Gasteiger partial charge in [-0.05, 0) is 0 Å². The SMILES string of the molecule is O=C(O)CC(O)(CC(=O)OC(=O)CC(O)(CC(=O)O)C(=O)O)C(=O)O.[NaH].[NaH].[NaH]. The molecule has 0 saturated heterocycles. The third-order valence-corrected chi connectivity index (χ3v) is 2.78. The predicted molar refractivity (Wildman–Crippen MR) is 91.5 cm³/mol. The monoisotopic (exact) mass is 438 g/mol. The normalized spacial score (nSPS) is 13.6. The summed E-state index contributed by atoms with van der Waals surface area (Å²) in [4.78, 5) is 65.5. The van der Waals surface area contributed by atoms with Crippen molar-refractivity contribution >= 4 is 124 Å². The second kappa shape index (κ2) is 14.8. The van der Waals surface area contributed by atoms with E-state index in [2.05, 4.69) is 4.74 Å². The van der Waals surface area contributed by atoms with Crippen molar-refractivity contribution < 1.29 is 64.1 Å². The molecule has 0 aliphatic rings. The number of aliphatic carboxylic acids is 4. The number of carbonyl (C=O) groups excluding carboxylic acids is 2.